The number of carbonyl (C=O) groups is 1. The number of likely N-dealkylation sites (tertiary alicyclic amines) is 1. The van der Waals surface area contributed by atoms with Crippen LogP contribution < -0.4 is 5.32 Å². The number of piperidine rings is 1. The maximum absolute atomic E-state index is 12.3. The standard InChI is InChI=1S/C14H18BrN5OS/c15-12-8-17-20(10-12)6-5-19-4-1-2-11(9-19)13(21)18-14-16-3-7-22-14/h3,7-8,10-11H,1-2,4-6,9H2,(H,16,18,21)/t11-/m1/s1. The highest BCUT2D eigenvalue weighted by Crippen LogP contribution is 2.19. The van der Waals surface area contributed by atoms with Crippen molar-refractivity contribution in [3.8, 4) is 0 Å². The summed E-state index contributed by atoms with van der Waals surface area (Å²) in [5, 5.41) is 9.72. The lowest BCUT2D eigenvalue weighted by Gasteiger charge is -2.31. The molecule has 0 aliphatic carbocycles. The topological polar surface area (TPSA) is 63.1 Å². The molecule has 0 saturated carbocycles. The molecule has 6 nitrogen and oxygen atoms in total. The summed E-state index contributed by atoms with van der Waals surface area (Å²) in [6, 6.07) is 0. The lowest BCUT2D eigenvalue weighted by atomic mass is 9.97. The van der Waals surface area contributed by atoms with Crippen LogP contribution in [-0.4, -0.2) is 45.2 Å². The molecule has 1 aliphatic heterocycles. The van der Waals surface area contributed by atoms with Gasteiger partial charge in [-0.25, -0.2) is 4.98 Å². The van der Waals surface area contributed by atoms with Gasteiger partial charge in [-0.3, -0.25) is 9.48 Å². The van der Waals surface area contributed by atoms with Gasteiger partial charge in [-0.1, -0.05) is 0 Å². The number of amides is 1. The number of hydrogen-bond donors (Lipinski definition) is 1. The van der Waals surface area contributed by atoms with E-state index in [1.54, 1.807) is 12.4 Å². The molecule has 3 rings (SSSR count). The van der Waals surface area contributed by atoms with Gasteiger partial charge in [0.1, 0.15) is 0 Å². The summed E-state index contributed by atoms with van der Waals surface area (Å²) in [5.41, 5.74) is 0. The second kappa shape index (κ2) is 7.34. The van der Waals surface area contributed by atoms with Gasteiger partial charge < -0.3 is 10.2 Å². The van der Waals surface area contributed by atoms with Crippen molar-refractivity contribution in [2.45, 2.75) is 19.4 Å². The maximum Gasteiger partial charge on any atom is 0.230 e. The fourth-order valence-corrected chi connectivity index (χ4v) is 3.53. The Hall–Kier alpha value is -1.25. The lowest BCUT2D eigenvalue weighted by molar-refractivity contribution is -0.121. The molecular weight excluding hydrogens is 366 g/mol. The Kier molecular flexibility index (Phi) is 5.22. The molecular formula is C14H18BrN5OS. The van der Waals surface area contributed by atoms with E-state index in [0.29, 0.717) is 5.13 Å². The summed E-state index contributed by atoms with van der Waals surface area (Å²) in [7, 11) is 0. The van der Waals surface area contributed by atoms with Crippen molar-refractivity contribution in [1.82, 2.24) is 19.7 Å². The highest BCUT2D eigenvalue weighted by molar-refractivity contribution is 9.10. The third-order valence-electron chi connectivity index (χ3n) is 3.79. The number of nitrogens with one attached hydrogen (secondary N) is 1. The van der Waals surface area contributed by atoms with E-state index in [1.807, 2.05) is 16.3 Å². The molecule has 118 valence electrons. The van der Waals surface area contributed by atoms with Crippen LogP contribution in [-0.2, 0) is 11.3 Å². The van der Waals surface area contributed by atoms with Gasteiger partial charge in [0.2, 0.25) is 5.91 Å². The van der Waals surface area contributed by atoms with Crippen LogP contribution in [0, 0.1) is 5.92 Å². The van der Waals surface area contributed by atoms with Gasteiger partial charge in [-0.05, 0) is 35.3 Å². The minimum absolute atomic E-state index is 0.0435. The lowest BCUT2D eigenvalue weighted by Crippen LogP contribution is -2.42. The number of hydrogen-bond acceptors (Lipinski definition) is 5. The van der Waals surface area contributed by atoms with Crippen LogP contribution in [0.3, 0.4) is 0 Å². The zero-order chi connectivity index (χ0) is 15.4. The van der Waals surface area contributed by atoms with Gasteiger partial charge in [0.15, 0.2) is 5.13 Å². The summed E-state index contributed by atoms with van der Waals surface area (Å²) in [4.78, 5) is 18.7. The van der Waals surface area contributed by atoms with Crippen molar-refractivity contribution in [3.05, 3.63) is 28.4 Å². The van der Waals surface area contributed by atoms with Crippen molar-refractivity contribution in [3.63, 3.8) is 0 Å². The number of rotatable bonds is 5. The Morgan fingerprint density at radius 1 is 1.50 bits per heavy atom. The fourth-order valence-electron chi connectivity index (χ4n) is 2.67. The van der Waals surface area contributed by atoms with Crippen LogP contribution in [0.15, 0.2) is 28.4 Å². The normalized spacial score (nSPS) is 19.2. The second-order valence-electron chi connectivity index (χ2n) is 5.39. The predicted octanol–water partition coefficient (Wildman–Crippen LogP) is 2.45. The largest absolute Gasteiger partial charge is 0.302 e. The molecule has 1 amide bonds. The van der Waals surface area contributed by atoms with E-state index in [2.05, 4.69) is 36.2 Å². The predicted molar refractivity (Wildman–Crippen MR) is 89.8 cm³/mol. The first kappa shape index (κ1) is 15.6. The van der Waals surface area contributed by atoms with Gasteiger partial charge >= 0.3 is 0 Å². The molecule has 0 radical (unpaired) electrons. The first-order valence-electron chi connectivity index (χ1n) is 7.31. The Bertz CT molecular complexity index is 615. The van der Waals surface area contributed by atoms with E-state index >= 15 is 0 Å². The Morgan fingerprint density at radius 2 is 2.41 bits per heavy atom. The number of carbonyl (C=O) groups excluding carboxylic acids is 1. The average Bonchev–Trinajstić information content (AvgIpc) is 3.17. The van der Waals surface area contributed by atoms with Crippen molar-refractivity contribution in [2.75, 3.05) is 25.0 Å². The number of nitrogens with zero attached hydrogens (tertiary/aromatic N) is 4. The Balaban J connectivity index is 1.49. The van der Waals surface area contributed by atoms with Gasteiger partial charge in [0, 0.05) is 30.9 Å². The third-order valence-corrected chi connectivity index (χ3v) is 4.88. The number of halogens is 1. The monoisotopic (exact) mass is 383 g/mol. The molecule has 3 heterocycles. The number of anilines is 1. The molecule has 1 saturated heterocycles. The molecule has 1 aliphatic rings. The Morgan fingerprint density at radius 3 is 3.14 bits per heavy atom. The van der Waals surface area contributed by atoms with Gasteiger partial charge in [-0.15, -0.1) is 11.3 Å². The van der Waals surface area contributed by atoms with E-state index < -0.39 is 0 Å². The summed E-state index contributed by atoms with van der Waals surface area (Å²) < 4.78 is 2.91. The average molecular weight is 384 g/mol. The van der Waals surface area contributed by atoms with E-state index in [1.165, 1.54) is 11.3 Å². The summed E-state index contributed by atoms with van der Waals surface area (Å²) >= 11 is 4.85. The zero-order valence-electron chi connectivity index (χ0n) is 12.1. The second-order valence-corrected chi connectivity index (χ2v) is 7.20. The number of thiazole rings is 1. The molecule has 0 aromatic carbocycles. The van der Waals surface area contributed by atoms with Crippen LogP contribution >= 0.6 is 27.3 Å². The summed E-state index contributed by atoms with van der Waals surface area (Å²) in [6.07, 6.45) is 7.46. The minimum atomic E-state index is 0.0435. The molecule has 8 heteroatoms. The summed E-state index contributed by atoms with van der Waals surface area (Å²) in [6.45, 7) is 3.60. The maximum atomic E-state index is 12.3. The third kappa shape index (κ3) is 4.15. The van der Waals surface area contributed by atoms with Gasteiger partial charge in [0.25, 0.3) is 0 Å². The SMILES string of the molecule is O=C(Nc1nccs1)[C@@H]1CCCN(CCn2cc(Br)cn2)C1. The van der Waals surface area contributed by atoms with Crippen molar-refractivity contribution in [1.29, 1.82) is 0 Å². The first-order valence-corrected chi connectivity index (χ1v) is 8.98. The van der Waals surface area contributed by atoms with Crippen LogP contribution in [0.4, 0.5) is 5.13 Å². The number of aromatic nitrogens is 3. The molecule has 1 N–H and O–H groups in total. The zero-order valence-corrected chi connectivity index (χ0v) is 14.5. The fraction of sp³-hybridized carbons (Fsp3) is 0.500. The molecule has 2 aromatic rings. The molecule has 0 unspecified atom stereocenters. The molecule has 1 atom stereocenters. The molecule has 1 fully saturated rings. The van der Waals surface area contributed by atoms with Crippen LogP contribution in [0.25, 0.3) is 0 Å². The smallest absolute Gasteiger partial charge is 0.230 e. The quantitative estimate of drug-likeness (QED) is 0.860. The highest BCUT2D eigenvalue weighted by Gasteiger charge is 2.26. The van der Waals surface area contributed by atoms with Crippen LogP contribution in [0.2, 0.25) is 0 Å². The minimum Gasteiger partial charge on any atom is -0.302 e. The van der Waals surface area contributed by atoms with Gasteiger partial charge in [-0.2, -0.15) is 5.10 Å². The molecule has 2 aromatic heterocycles. The van der Waals surface area contributed by atoms with E-state index in [4.69, 9.17) is 0 Å². The van der Waals surface area contributed by atoms with E-state index in [9.17, 15) is 4.79 Å². The first-order chi connectivity index (χ1) is 10.7. The van der Waals surface area contributed by atoms with Crippen LogP contribution in [0.1, 0.15) is 12.8 Å². The molecule has 0 bridgehead atoms. The van der Waals surface area contributed by atoms with E-state index in [-0.39, 0.29) is 11.8 Å². The van der Waals surface area contributed by atoms with E-state index in [0.717, 1.165) is 43.5 Å². The van der Waals surface area contributed by atoms with Crippen molar-refractivity contribution >= 4 is 38.3 Å². The summed E-state index contributed by atoms with van der Waals surface area (Å²) in [5.74, 6) is 0.128. The highest BCUT2D eigenvalue weighted by atomic mass is 79.9. The van der Waals surface area contributed by atoms with Crippen molar-refractivity contribution in [2.24, 2.45) is 5.92 Å². The molecule has 22 heavy (non-hydrogen) atoms. The van der Waals surface area contributed by atoms with Crippen molar-refractivity contribution < 1.29 is 4.79 Å². The van der Waals surface area contributed by atoms with Gasteiger partial charge in [0.05, 0.1) is 23.1 Å². The molecule has 0 spiro atoms. The van der Waals surface area contributed by atoms with Crippen LogP contribution in [0.5, 0.6) is 0 Å². The Labute approximate surface area is 141 Å².